The smallest absolute Gasteiger partial charge is 0.416 e. The Labute approximate surface area is 223 Å². The molecule has 0 aliphatic carbocycles. The molecule has 2 aromatic carbocycles. The quantitative estimate of drug-likeness (QED) is 0.230. The molecule has 38 heavy (non-hydrogen) atoms. The summed E-state index contributed by atoms with van der Waals surface area (Å²) in [6.45, 7) is 4.39. The van der Waals surface area contributed by atoms with Crippen molar-refractivity contribution in [1.82, 2.24) is 4.98 Å². The number of alkyl halides is 3. The Morgan fingerprint density at radius 2 is 1.76 bits per heavy atom. The number of pyridine rings is 1. The lowest BCUT2D eigenvalue weighted by atomic mass is 10.0. The molecule has 1 atom stereocenters. The molecule has 0 spiro atoms. The van der Waals surface area contributed by atoms with Crippen LogP contribution in [0.2, 0.25) is 5.02 Å². The topological polar surface area (TPSA) is 88.5 Å². The maximum atomic E-state index is 12.9. The van der Waals surface area contributed by atoms with E-state index >= 15 is 0 Å². The number of rotatable bonds is 12. The number of carboxylic acids is 1. The Hall–Kier alpha value is -3.59. The normalized spacial score (nSPS) is 12.3. The first-order valence-electron chi connectivity index (χ1n) is 12.0. The van der Waals surface area contributed by atoms with Gasteiger partial charge in [0.2, 0.25) is 0 Å². The molecule has 6 nitrogen and oxygen atoms in total. The molecule has 0 amide bonds. The van der Waals surface area contributed by atoms with Gasteiger partial charge in [-0.2, -0.15) is 13.2 Å². The van der Waals surface area contributed by atoms with E-state index in [-0.39, 0.29) is 35.6 Å². The average Bonchev–Trinajstić information content (AvgIpc) is 2.86. The number of carboxylic acid groups (broad SMARTS) is 1. The molecule has 0 fully saturated rings. The van der Waals surface area contributed by atoms with Crippen molar-refractivity contribution in [2.75, 3.05) is 11.9 Å². The number of halogens is 4. The number of anilines is 1. The molecule has 2 N–H and O–H groups in total. The highest BCUT2D eigenvalue weighted by Crippen LogP contribution is 2.35. The van der Waals surface area contributed by atoms with Crippen molar-refractivity contribution >= 4 is 29.0 Å². The minimum absolute atomic E-state index is 0.0392. The van der Waals surface area contributed by atoms with Crippen molar-refractivity contribution in [3.05, 3.63) is 76.9 Å². The molecule has 0 aliphatic rings. The van der Waals surface area contributed by atoms with Crippen LogP contribution in [-0.4, -0.2) is 34.5 Å². The van der Waals surface area contributed by atoms with Gasteiger partial charge in [0.1, 0.15) is 12.4 Å². The van der Waals surface area contributed by atoms with Crippen LogP contribution in [0, 0.1) is 5.92 Å². The molecule has 0 bridgehead atoms. The van der Waals surface area contributed by atoms with Gasteiger partial charge in [-0.1, -0.05) is 31.5 Å². The highest BCUT2D eigenvalue weighted by Gasteiger charge is 2.31. The summed E-state index contributed by atoms with van der Waals surface area (Å²) >= 11 is 6.07. The number of aliphatic carboxylic acids is 1. The number of ether oxygens (including phenoxy) is 1. The van der Waals surface area contributed by atoms with Crippen LogP contribution in [0.15, 0.2) is 60.8 Å². The summed E-state index contributed by atoms with van der Waals surface area (Å²) in [5.41, 5.74) is 1.32. The van der Waals surface area contributed by atoms with E-state index < -0.39 is 17.7 Å². The van der Waals surface area contributed by atoms with Crippen molar-refractivity contribution in [3.8, 4) is 17.0 Å². The lowest BCUT2D eigenvalue weighted by Gasteiger charge is -2.24. The van der Waals surface area contributed by atoms with E-state index in [1.54, 1.807) is 36.4 Å². The van der Waals surface area contributed by atoms with Crippen molar-refractivity contribution in [2.45, 2.75) is 45.3 Å². The first-order chi connectivity index (χ1) is 17.9. The summed E-state index contributed by atoms with van der Waals surface area (Å²) in [5.74, 6) is -0.332. The molecular formula is C28H28ClF3N2O4. The summed E-state index contributed by atoms with van der Waals surface area (Å²) in [4.78, 5) is 27.1. The Morgan fingerprint density at radius 3 is 2.32 bits per heavy atom. The van der Waals surface area contributed by atoms with E-state index in [1.807, 2.05) is 13.8 Å². The van der Waals surface area contributed by atoms with Gasteiger partial charge in [0, 0.05) is 29.7 Å². The first-order valence-corrected chi connectivity index (χ1v) is 12.4. The van der Waals surface area contributed by atoms with E-state index in [2.05, 4.69) is 10.3 Å². The van der Waals surface area contributed by atoms with Crippen LogP contribution in [0.1, 0.15) is 49.0 Å². The molecule has 1 heterocycles. The van der Waals surface area contributed by atoms with Gasteiger partial charge in [0.05, 0.1) is 28.5 Å². The molecule has 0 saturated heterocycles. The van der Waals surface area contributed by atoms with Gasteiger partial charge in [-0.05, 0) is 60.9 Å². The van der Waals surface area contributed by atoms with Crippen molar-refractivity contribution in [3.63, 3.8) is 0 Å². The number of Topliss-reactive ketones (excluding diaryl/α,β-unsaturated/α-hetero) is 1. The van der Waals surface area contributed by atoms with Gasteiger partial charge in [0.15, 0.2) is 5.78 Å². The molecule has 202 valence electrons. The summed E-state index contributed by atoms with van der Waals surface area (Å²) in [6, 6.07) is 13.4. The van der Waals surface area contributed by atoms with Crippen LogP contribution in [0.5, 0.6) is 5.75 Å². The monoisotopic (exact) mass is 548 g/mol. The second kappa shape index (κ2) is 12.8. The third kappa shape index (κ3) is 8.21. The van der Waals surface area contributed by atoms with Gasteiger partial charge in [-0.15, -0.1) is 0 Å². The van der Waals surface area contributed by atoms with Gasteiger partial charge < -0.3 is 15.2 Å². The number of aromatic nitrogens is 1. The number of ketones is 1. The van der Waals surface area contributed by atoms with E-state index in [0.29, 0.717) is 35.6 Å². The van der Waals surface area contributed by atoms with Gasteiger partial charge >= 0.3 is 12.1 Å². The number of hydrogen-bond donors (Lipinski definition) is 2. The minimum atomic E-state index is -4.48. The fourth-order valence-electron chi connectivity index (χ4n) is 3.62. The summed E-state index contributed by atoms with van der Waals surface area (Å²) in [5, 5.41) is 12.1. The number of nitrogens with zero attached hydrogens (tertiary/aromatic N) is 1. The molecular weight excluding hydrogens is 521 g/mol. The van der Waals surface area contributed by atoms with Crippen molar-refractivity contribution in [1.29, 1.82) is 0 Å². The Bertz CT molecular complexity index is 1250. The molecule has 0 unspecified atom stereocenters. The molecule has 0 saturated carbocycles. The zero-order chi connectivity index (χ0) is 27.9. The van der Waals surface area contributed by atoms with Crippen LogP contribution in [0.4, 0.5) is 18.9 Å². The zero-order valence-electron chi connectivity index (χ0n) is 20.9. The van der Waals surface area contributed by atoms with Gasteiger partial charge in [-0.25, -0.2) is 0 Å². The van der Waals surface area contributed by atoms with E-state index in [9.17, 15) is 22.8 Å². The first kappa shape index (κ1) is 29.0. The third-order valence-corrected chi connectivity index (χ3v) is 6.21. The Kier molecular flexibility index (Phi) is 9.74. The van der Waals surface area contributed by atoms with Crippen molar-refractivity contribution < 1.29 is 32.6 Å². The maximum absolute atomic E-state index is 12.9. The van der Waals surface area contributed by atoms with Crippen LogP contribution < -0.4 is 10.1 Å². The molecule has 10 heteroatoms. The molecule has 3 rings (SSSR count). The highest BCUT2D eigenvalue weighted by atomic mass is 35.5. The molecule has 0 aliphatic heterocycles. The highest BCUT2D eigenvalue weighted by molar-refractivity contribution is 6.33. The maximum Gasteiger partial charge on any atom is 0.416 e. The van der Waals surface area contributed by atoms with Gasteiger partial charge in [0.25, 0.3) is 0 Å². The molecule has 3 aromatic rings. The molecule has 0 radical (unpaired) electrons. The fraction of sp³-hybridized carbons (Fsp3) is 0.321. The standard InChI is InChI=1S/C28H28ClF3N2O4/c1-17(2)25(34-20-9-6-18(7-10-20)26(35)4-3-5-27(36)37)16-38-21-11-13-24(33-15-21)22-12-8-19(14-23(22)29)28(30,31)32/h6-15,17,25,34H,3-5,16H2,1-2H3,(H,36,37)/t25-/m1/s1. The SMILES string of the molecule is CC(C)[C@@H](COc1ccc(-c2ccc(C(F)(F)F)cc2Cl)nc1)Nc1ccc(C(=O)CCCC(=O)O)cc1. The summed E-state index contributed by atoms with van der Waals surface area (Å²) in [6.07, 6.45) is -2.54. The summed E-state index contributed by atoms with van der Waals surface area (Å²) < 4.78 is 44.6. The average molecular weight is 549 g/mol. The second-order valence-corrected chi connectivity index (χ2v) is 9.53. The largest absolute Gasteiger partial charge is 0.490 e. The lowest BCUT2D eigenvalue weighted by molar-refractivity contribution is -0.138. The predicted molar refractivity (Wildman–Crippen MR) is 140 cm³/mol. The van der Waals surface area contributed by atoms with Crippen LogP contribution in [0.3, 0.4) is 0 Å². The summed E-state index contributed by atoms with van der Waals surface area (Å²) in [7, 11) is 0. The van der Waals surface area contributed by atoms with E-state index in [1.165, 1.54) is 12.3 Å². The van der Waals surface area contributed by atoms with Crippen LogP contribution in [0.25, 0.3) is 11.3 Å². The Morgan fingerprint density at radius 1 is 1.05 bits per heavy atom. The number of benzene rings is 2. The number of nitrogens with one attached hydrogen (secondary N) is 1. The Balaban J connectivity index is 1.58. The predicted octanol–water partition coefficient (Wildman–Crippen LogP) is 7.37. The number of hydrogen-bond acceptors (Lipinski definition) is 5. The van der Waals surface area contributed by atoms with E-state index in [0.717, 1.165) is 17.8 Å². The fourth-order valence-corrected chi connectivity index (χ4v) is 3.90. The lowest BCUT2D eigenvalue weighted by Crippen LogP contribution is -2.32. The zero-order valence-corrected chi connectivity index (χ0v) is 21.6. The number of carbonyl (C=O) groups excluding carboxylic acids is 1. The minimum Gasteiger partial charge on any atom is -0.490 e. The van der Waals surface area contributed by atoms with Gasteiger partial charge in [-0.3, -0.25) is 14.6 Å². The number of carbonyl (C=O) groups is 2. The second-order valence-electron chi connectivity index (χ2n) is 9.13. The van der Waals surface area contributed by atoms with Crippen molar-refractivity contribution in [2.24, 2.45) is 5.92 Å². The third-order valence-electron chi connectivity index (χ3n) is 5.90. The van der Waals surface area contributed by atoms with Crippen LogP contribution >= 0.6 is 11.6 Å². The van der Waals surface area contributed by atoms with E-state index in [4.69, 9.17) is 21.4 Å². The molecule has 1 aromatic heterocycles. The van der Waals surface area contributed by atoms with Crippen LogP contribution in [-0.2, 0) is 11.0 Å².